The SMILES string of the molecule is CNCC1CCN(Cc2nccn2C)C1.Cl. The summed E-state index contributed by atoms with van der Waals surface area (Å²) >= 11 is 0. The fourth-order valence-corrected chi connectivity index (χ4v) is 2.26. The Morgan fingerprint density at radius 1 is 1.56 bits per heavy atom. The summed E-state index contributed by atoms with van der Waals surface area (Å²) in [6, 6.07) is 0. The highest BCUT2D eigenvalue weighted by Gasteiger charge is 2.22. The van der Waals surface area contributed by atoms with Crippen LogP contribution in [-0.4, -0.2) is 41.1 Å². The Labute approximate surface area is 103 Å². The van der Waals surface area contributed by atoms with E-state index in [0.29, 0.717) is 0 Å². The Morgan fingerprint density at radius 2 is 2.38 bits per heavy atom. The number of likely N-dealkylation sites (tertiary alicyclic amines) is 1. The Kier molecular flexibility index (Phi) is 5.25. The zero-order valence-electron chi connectivity index (χ0n) is 10.0. The lowest BCUT2D eigenvalue weighted by Crippen LogP contribution is -2.25. The van der Waals surface area contributed by atoms with Crippen molar-refractivity contribution in [1.29, 1.82) is 0 Å². The Morgan fingerprint density at radius 3 is 3.00 bits per heavy atom. The van der Waals surface area contributed by atoms with Crippen LogP contribution in [0.5, 0.6) is 0 Å². The number of hydrogen-bond acceptors (Lipinski definition) is 3. The molecule has 0 radical (unpaired) electrons. The van der Waals surface area contributed by atoms with Crippen LogP contribution >= 0.6 is 12.4 Å². The average Bonchev–Trinajstić information content (AvgIpc) is 2.79. The van der Waals surface area contributed by atoms with Crippen molar-refractivity contribution < 1.29 is 0 Å². The van der Waals surface area contributed by atoms with Gasteiger partial charge in [-0.25, -0.2) is 4.98 Å². The standard InChI is InChI=1S/C11H20N4.ClH/c1-12-7-10-3-5-15(8-10)9-11-13-4-6-14(11)2;/h4,6,10,12H,3,5,7-9H2,1-2H3;1H. The van der Waals surface area contributed by atoms with Gasteiger partial charge in [-0.1, -0.05) is 0 Å². The molecule has 0 aliphatic carbocycles. The van der Waals surface area contributed by atoms with E-state index < -0.39 is 0 Å². The molecule has 4 nitrogen and oxygen atoms in total. The Hall–Kier alpha value is -0.580. The Balaban J connectivity index is 0.00000128. The van der Waals surface area contributed by atoms with Gasteiger partial charge in [0.05, 0.1) is 6.54 Å². The van der Waals surface area contributed by atoms with Crippen LogP contribution in [0.2, 0.25) is 0 Å². The first kappa shape index (κ1) is 13.5. The van der Waals surface area contributed by atoms with Crippen LogP contribution in [0, 0.1) is 5.92 Å². The maximum absolute atomic E-state index is 4.36. The number of imidazole rings is 1. The van der Waals surface area contributed by atoms with Crippen LogP contribution in [0.3, 0.4) is 0 Å². The fourth-order valence-electron chi connectivity index (χ4n) is 2.26. The van der Waals surface area contributed by atoms with Gasteiger partial charge >= 0.3 is 0 Å². The molecule has 1 fully saturated rings. The Bertz CT molecular complexity index is 313. The van der Waals surface area contributed by atoms with Crippen molar-refractivity contribution in [2.45, 2.75) is 13.0 Å². The van der Waals surface area contributed by atoms with Crippen LogP contribution in [0.25, 0.3) is 0 Å². The summed E-state index contributed by atoms with van der Waals surface area (Å²) in [7, 11) is 4.09. The van der Waals surface area contributed by atoms with E-state index in [1.54, 1.807) is 0 Å². The minimum atomic E-state index is 0. The number of rotatable bonds is 4. The molecule has 1 aromatic rings. The quantitative estimate of drug-likeness (QED) is 0.854. The average molecular weight is 245 g/mol. The zero-order valence-corrected chi connectivity index (χ0v) is 10.8. The van der Waals surface area contributed by atoms with E-state index in [-0.39, 0.29) is 12.4 Å². The highest BCUT2D eigenvalue weighted by atomic mass is 35.5. The van der Waals surface area contributed by atoms with Crippen LogP contribution < -0.4 is 5.32 Å². The molecule has 1 atom stereocenters. The van der Waals surface area contributed by atoms with Crippen molar-refractivity contribution in [3.05, 3.63) is 18.2 Å². The topological polar surface area (TPSA) is 33.1 Å². The van der Waals surface area contributed by atoms with Crippen LogP contribution in [0.15, 0.2) is 12.4 Å². The first-order chi connectivity index (χ1) is 7.29. The molecule has 16 heavy (non-hydrogen) atoms. The van der Waals surface area contributed by atoms with Gasteiger partial charge in [-0.2, -0.15) is 0 Å². The van der Waals surface area contributed by atoms with Gasteiger partial charge in [-0.05, 0) is 32.5 Å². The molecule has 5 heteroatoms. The van der Waals surface area contributed by atoms with Gasteiger partial charge in [0, 0.05) is 26.0 Å². The number of aryl methyl sites for hydroxylation is 1. The second kappa shape index (κ2) is 6.23. The third kappa shape index (κ3) is 3.20. The monoisotopic (exact) mass is 244 g/mol. The second-order valence-corrected chi connectivity index (χ2v) is 4.40. The maximum Gasteiger partial charge on any atom is 0.122 e. The molecule has 1 aromatic heterocycles. The number of hydrogen-bond donors (Lipinski definition) is 1. The third-order valence-corrected chi connectivity index (χ3v) is 3.15. The molecule has 1 unspecified atom stereocenters. The second-order valence-electron chi connectivity index (χ2n) is 4.40. The van der Waals surface area contributed by atoms with E-state index in [0.717, 1.165) is 19.0 Å². The summed E-state index contributed by atoms with van der Waals surface area (Å²) < 4.78 is 2.10. The molecular weight excluding hydrogens is 224 g/mol. The predicted octanol–water partition coefficient (Wildman–Crippen LogP) is 0.883. The number of halogens is 1. The molecule has 0 spiro atoms. The molecule has 1 saturated heterocycles. The molecule has 0 saturated carbocycles. The van der Waals surface area contributed by atoms with Crippen molar-refractivity contribution in [2.24, 2.45) is 13.0 Å². The molecule has 0 aromatic carbocycles. The van der Waals surface area contributed by atoms with Crippen molar-refractivity contribution in [3.8, 4) is 0 Å². The van der Waals surface area contributed by atoms with Crippen molar-refractivity contribution >= 4 is 12.4 Å². The minimum Gasteiger partial charge on any atom is -0.337 e. The zero-order chi connectivity index (χ0) is 10.7. The molecule has 1 aliphatic rings. The largest absolute Gasteiger partial charge is 0.337 e. The first-order valence-electron chi connectivity index (χ1n) is 5.62. The van der Waals surface area contributed by atoms with E-state index in [4.69, 9.17) is 0 Å². The molecule has 2 heterocycles. The van der Waals surface area contributed by atoms with E-state index in [9.17, 15) is 0 Å². The lowest BCUT2D eigenvalue weighted by atomic mass is 10.1. The third-order valence-electron chi connectivity index (χ3n) is 3.15. The lowest BCUT2D eigenvalue weighted by Gasteiger charge is -2.15. The highest BCUT2D eigenvalue weighted by molar-refractivity contribution is 5.85. The van der Waals surface area contributed by atoms with Gasteiger partial charge in [0.1, 0.15) is 5.82 Å². The van der Waals surface area contributed by atoms with E-state index >= 15 is 0 Å². The molecule has 1 aliphatic heterocycles. The number of nitrogens with zero attached hydrogens (tertiary/aromatic N) is 3. The van der Waals surface area contributed by atoms with E-state index in [1.165, 1.54) is 25.3 Å². The summed E-state index contributed by atoms with van der Waals surface area (Å²) in [5, 5.41) is 3.25. The molecular formula is C11H21ClN4. The van der Waals surface area contributed by atoms with Crippen LogP contribution in [0.1, 0.15) is 12.2 Å². The highest BCUT2D eigenvalue weighted by Crippen LogP contribution is 2.17. The van der Waals surface area contributed by atoms with Crippen LogP contribution in [0.4, 0.5) is 0 Å². The van der Waals surface area contributed by atoms with Crippen LogP contribution in [-0.2, 0) is 13.6 Å². The summed E-state index contributed by atoms with van der Waals surface area (Å²) in [5.74, 6) is 1.98. The van der Waals surface area contributed by atoms with Gasteiger partial charge in [-0.15, -0.1) is 12.4 Å². The van der Waals surface area contributed by atoms with Crippen molar-refractivity contribution in [1.82, 2.24) is 19.8 Å². The molecule has 0 amide bonds. The summed E-state index contributed by atoms with van der Waals surface area (Å²) in [4.78, 5) is 6.85. The maximum atomic E-state index is 4.36. The number of aromatic nitrogens is 2. The van der Waals surface area contributed by atoms with E-state index in [2.05, 4.69) is 26.8 Å². The number of nitrogens with one attached hydrogen (secondary N) is 1. The molecule has 0 bridgehead atoms. The smallest absolute Gasteiger partial charge is 0.122 e. The minimum absolute atomic E-state index is 0. The predicted molar refractivity (Wildman–Crippen MR) is 67.8 cm³/mol. The fraction of sp³-hybridized carbons (Fsp3) is 0.727. The summed E-state index contributed by atoms with van der Waals surface area (Å²) in [5.41, 5.74) is 0. The van der Waals surface area contributed by atoms with Crippen molar-refractivity contribution in [3.63, 3.8) is 0 Å². The van der Waals surface area contributed by atoms with Gasteiger partial charge in [0.25, 0.3) is 0 Å². The van der Waals surface area contributed by atoms with Gasteiger partial charge in [-0.3, -0.25) is 4.90 Å². The molecule has 2 rings (SSSR count). The molecule has 1 N–H and O–H groups in total. The van der Waals surface area contributed by atoms with Gasteiger partial charge < -0.3 is 9.88 Å². The summed E-state index contributed by atoms with van der Waals surface area (Å²) in [6.07, 6.45) is 5.19. The normalized spacial score (nSPS) is 21.0. The van der Waals surface area contributed by atoms with E-state index in [1.807, 2.05) is 19.4 Å². The van der Waals surface area contributed by atoms with Gasteiger partial charge in [0.15, 0.2) is 0 Å². The molecule has 92 valence electrons. The lowest BCUT2D eigenvalue weighted by molar-refractivity contribution is 0.304. The summed E-state index contributed by atoms with van der Waals surface area (Å²) in [6.45, 7) is 4.54. The van der Waals surface area contributed by atoms with Crippen molar-refractivity contribution in [2.75, 3.05) is 26.7 Å². The first-order valence-corrected chi connectivity index (χ1v) is 5.62. The van der Waals surface area contributed by atoms with Gasteiger partial charge in [0.2, 0.25) is 0 Å².